The average molecular weight is 378 g/mol. The number of benzene rings is 2. The van der Waals surface area contributed by atoms with Crippen LogP contribution in [0.2, 0.25) is 0 Å². The number of hydrogen-bond acceptors (Lipinski definition) is 5. The van der Waals surface area contributed by atoms with Gasteiger partial charge < -0.3 is 14.0 Å². The predicted molar refractivity (Wildman–Crippen MR) is 95.1 cm³/mol. The van der Waals surface area contributed by atoms with Gasteiger partial charge in [0.15, 0.2) is 0 Å². The summed E-state index contributed by atoms with van der Waals surface area (Å²) in [6.45, 7) is 4.31. The minimum atomic E-state index is -4.01. The van der Waals surface area contributed by atoms with Crippen molar-refractivity contribution in [3.8, 4) is 5.75 Å². The van der Waals surface area contributed by atoms with Crippen LogP contribution in [0.15, 0.2) is 53.4 Å². The molecule has 138 valence electrons. The Kier molecular flexibility index (Phi) is 5.13. The number of carbonyl (C=O) groups excluding carboxylic acids is 1. The molecule has 1 aliphatic rings. The standard InChI is InChI=1S/C18H19FN2O4S/c1-14(22)20-10-12-21(13-11-20)16-4-6-17(7-5-16)25-26(23,24)18-8-2-15(19)3-9-18/h2-9H,10-13H2,1H3. The van der Waals surface area contributed by atoms with E-state index in [2.05, 4.69) is 4.90 Å². The van der Waals surface area contributed by atoms with E-state index in [9.17, 15) is 17.6 Å². The molecule has 8 heteroatoms. The van der Waals surface area contributed by atoms with Crippen LogP contribution in [0, 0.1) is 5.82 Å². The molecule has 0 spiro atoms. The Labute approximate surface area is 151 Å². The molecule has 0 N–H and O–H groups in total. The van der Waals surface area contributed by atoms with E-state index >= 15 is 0 Å². The Bertz CT molecular complexity index is 874. The number of hydrogen-bond donors (Lipinski definition) is 0. The zero-order valence-corrected chi connectivity index (χ0v) is 15.1. The van der Waals surface area contributed by atoms with Crippen molar-refractivity contribution in [2.24, 2.45) is 0 Å². The Morgan fingerprint density at radius 1 is 0.962 bits per heavy atom. The monoisotopic (exact) mass is 378 g/mol. The quantitative estimate of drug-likeness (QED) is 0.764. The molecule has 3 rings (SSSR count). The van der Waals surface area contributed by atoms with Crippen LogP contribution < -0.4 is 9.08 Å². The van der Waals surface area contributed by atoms with E-state index in [0.29, 0.717) is 26.2 Å². The molecule has 0 unspecified atom stereocenters. The molecule has 0 saturated carbocycles. The Hall–Kier alpha value is -2.61. The van der Waals surface area contributed by atoms with Crippen LogP contribution >= 0.6 is 0 Å². The van der Waals surface area contributed by atoms with Gasteiger partial charge in [0.1, 0.15) is 16.5 Å². The molecule has 1 aliphatic heterocycles. The molecule has 6 nitrogen and oxygen atoms in total. The summed E-state index contributed by atoms with van der Waals surface area (Å²) in [4.78, 5) is 15.2. The smallest absolute Gasteiger partial charge is 0.339 e. The number of amides is 1. The lowest BCUT2D eigenvalue weighted by Gasteiger charge is -2.35. The van der Waals surface area contributed by atoms with E-state index in [0.717, 1.165) is 30.0 Å². The molecular formula is C18H19FN2O4S. The van der Waals surface area contributed by atoms with Crippen LogP contribution in [0.5, 0.6) is 5.75 Å². The Morgan fingerprint density at radius 3 is 2.08 bits per heavy atom. The first-order valence-electron chi connectivity index (χ1n) is 8.16. The number of piperazine rings is 1. The van der Waals surface area contributed by atoms with Crippen LogP contribution in [-0.4, -0.2) is 45.4 Å². The molecule has 0 aliphatic carbocycles. The third kappa shape index (κ3) is 4.13. The minimum Gasteiger partial charge on any atom is -0.379 e. The van der Waals surface area contributed by atoms with Crippen LogP contribution in [0.1, 0.15) is 6.92 Å². The lowest BCUT2D eigenvalue weighted by Crippen LogP contribution is -2.48. The van der Waals surface area contributed by atoms with Gasteiger partial charge in [-0.2, -0.15) is 8.42 Å². The van der Waals surface area contributed by atoms with E-state index < -0.39 is 15.9 Å². The summed E-state index contributed by atoms with van der Waals surface area (Å²) in [6.07, 6.45) is 0. The fourth-order valence-electron chi connectivity index (χ4n) is 2.77. The Balaban J connectivity index is 1.66. The van der Waals surface area contributed by atoms with Crippen molar-refractivity contribution in [3.63, 3.8) is 0 Å². The van der Waals surface area contributed by atoms with Crippen molar-refractivity contribution in [1.82, 2.24) is 4.90 Å². The maximum absolute atomic E-state index is 12.9. The second-order valence-electron chi connectivity index (χ2n) is 5.98. The number of rotatable bonds is 4. The zero-order chi connectivity index (χ0) is 18.7. The number of nitrogens with zero attached hydrogens (tertiary/aromatic N) is 2. The molecule has 0 atom stereocenters. The van der Waals surface area contributed by atoms with Crippen molar-refractivity contribution in [3.05, 3.63) is 54.3 Å². The molecule has 1 amide bonds. The molecule has 1 saturated heterocycles. The summed E-state index contributed by atoms with van der Waals surface area (Å²) >= 11 is 0. The largest absolute Gasteiger partial charge is 0.379 e. The summed E-state index contributed by atoms with van der Waals surface area (Å²) < 4.78 is 42.4. The number of carbonyl (C=O) groups is 1. The molecule has 2 aromatic rings. The van der Waals surface area contributed by atoms with Gasteiger partial charge in [0.05, 0.1) is 0 Å². The van der Waals surface area contributed by atoms with Gasteiger partial charge in [-0.1, -0.05) is 0 Å². The van der Waals surface area contributed by atoms with Crippen LogP contribution in [0.3, 0.4) is 0 Å². The second kappa shape index (κ2) is 7.33. The van der Waals surface area contributed by atoms with E-state index in [1.807, 2.05) is 0 Å². The van der Waals surface area contributed by atoms with Gasteiger partial charge in [-0.05, 0) is 48.5 Å². The maximum Gasteiger partial charge on any atom is 0.339 e. The van der Waals surface area contributed by atoms with Gasteiger partial charge in [-0.15, -0.1) is 0 Å². The topological polar surface area (TPSA) is 66.9 Å². The van der Waals surface area contributed by atoms with Gasteiger partial charge in [0, 0.05) is 38.8 Å². The second-order valence-corrected chi connectivity index (χ2v) is 7.52. The highest BCUT2D eigenvalue weighted by Crippen LogP contribution is 2.23. The summed E-state index contributed by atoms with van der Waals surface area (Å²) in [5, 5.41) is 0. The molecule has 2 aromatic carbocycles. The van der Waals surface area contributed by atoms with E-state index in [1.165, 1.54) is 0 Å². The van der Waals surface area contributed by atoms with Gasteiger partial charge >= 0.3 is 10.1 Å². The van der Waals surface area contributed by atoms with Gasteiger partial charge in [-0.25, -0.2) is 4.39 Å². The fraction of sp³-hybridized carbons (Fsp3) is 0.278. The van der Waals surface area contributed by atoms with Crippen molar-refractivity contribution in [2.75, 3.05) is 31.1 Å². The van der Waals surface area contributed by atoms with Crippen molar-refractivity contribution < 1.29 is 21.8 Å². The Morgan fingerprint density at radius 2 is 1.54 bits per heavy atom. The van der Waals surface area contributed by atoms with Crippen LogP contribution in [0.25, 0.3) is 0 Å². The average Bonchev–Trinajstić information content (AvgIpc) is 2.62. The van der Waals surface area contributed by atoms with Gasteiger partial charge in [0.25, 0.3) is 0 Å². The first kappa shape index (κ1) is 18.2. The zero-order valence-electron chi connectivity index (χ0n) is 14.3. The van der Waals surface area contributed by atoms with E-state index in [4.69, 9.17) is 4.18 Å². The number of halogens is 1. The summed E-state index contributed by atoms with van der Waals surface area (Å²) in [6, 6.07) is 11.2. The highest BCUT2D eigenvalue weighted by Gasteiger charge is 2.20. The minimum absolute atomic E-state index is 0.0689. The molecule has 26 heavy (non-hydrogen) atoms. The van der Waals surface area contributed by atoms with E-state index in [1.54, 1.807) is 36.1 Å². The van der Waals surface area contributed by atoms with Crippen LogP contribution in [-0.2, 0) is 14.9 Å². The van der Waals surface area contributed by atoms with Crippen molar-refractivity contribution >= 4 is 21.7 Å². The highest BCUT2D eigenvalue weighted by atomic mass is 32.2. The molecule has 0 aromatic heterocycles. The number of anilines is 1. The molecule has 1 heterocycles. The van der Waals surface area contributed by atoms with Crippen LogP contribution in [0.4, 0.5) is 10.1 Å². The normalized spacial score (nSPS) is 15.0. The fourth-order valence-corrected chi connectivity index (χ4v) is 3.70. The van der Waals surface area contributed by atoms with Gasteiger partial charge in [0.2, 0.25) is 5.91 Å². The molecule has 1 fully saturated rings. The predicted octanol–water partition coefficient (Wildman–Crippen LogP) is 2.26. The highest BCUT2D eigenvalue weighted by molar-refractivity contribution is 7.87. The molecular weight excluding hydrogens is 359 g/mol. The van der Waals surface area contributed by atoms with Gasteiger partial charge in [-0.3, -0.25) is 4.79 Å². The third-order valence-corrected chi connectivity index (χ3v) is 5.50. The maximum atomic E-state index is 12.9. The molecule has 0 radical (unpaired) electrons. The first-order chi connectivity index (χ1) is 12.3. The molecule has 0 bridgehead atoms. The SMILES string of the molecule is CC(=O)N1CCN(c2ccc(OS(=O)(=O)c3ccc(F)cc3)cc2)CC1. The lowest BCUT2D eigenvalue weighted by molar-refractivity contribution is -0.129. The third-order valence-electron chi connectivity index (χ3n) is 4.24. The summed E-state index contributed by atoms with van der Waals surface area (Å²) in [5.41, 5.74) is 0.930. The summed E-state index contributed by atoms with van der Waals surface area (Å²) in [7, 11) is -4.01. The van der Waals surface area contributed by atoms with Crippen molar-refractivity contribution in [2.45, 2.75) is 11.8 Å². The lowest BCUT2D eigenvalue weighted by atomic mass is 10.2. The van der Waals surface area contributed by atoms with E-state index in [-0.39, 0.29) is 16.6 Å². The summed E-state index contributed by atoms with van der Waals surface area (Å²) in [5.74, 6) is -0.266. The first-order valence-corrected chi connectivity index (χ1v) is 9.56. The van der Waals surface area contributed by atoms with Crippen molar-refractivity contribution in [1.29, 1.82) is 0 Å².